The van der Waals surface area contributed by atoms with Gasteiger partial charge in [0.2, 0.25) is 10.0 Å². The second kappa shape index (κ2) is 12.8. The fraction of sp³-hybridized carbons (Fsp3) is 0.360. The molecule has 1 aliphatic rings. The molecular formula is C25H28Cl2F3N5O4S. The molecule has 1 saturated heterocycles. The van der Waals surface area contributed by atoms with E-state index >= 15 is 0 Å². The fourth-order valence-corrected chi connectivity index (χ4v) is 5.99. The number of pyridine rings is 1. The van der Waals surface area contributed by atoms with Gasteiger partial charge in [-0.1, -0.05) is 18.2 Å². The third kappa shape index (κ3) is 7.46. The quantitative estimate of drug-likeness (QED) is 0.286. The first-order valence-corrected chi connectivity index (χ1v) is 13.7. The Kier molecular flexibility index (Phi) is 10.1. The molecule has 218 valence electrons. The van der Waals surface area contributed by atoms with Crippen molar-refractivity contribution in [1.82, 2.24) is 24.2 Å². The van der Waals surface area contributed by atoms with Gasteiger partial charge in [-0.15, -0.1) is 24.8 Å². The van der Waals surface area contributed by atoms with E-state index in [-0.39, 0.29) is 56.0 Å². The number of nitrogens with zero attached hydrogens (tertiary/aromatic N) is 3. The van der Waals surface area contributed by atoms with Crippen LogP contribution < -0.4 is 10.4 Å². The van der Waals surface area contributed by atoms with E-state index in [2.05, 4.69) is 15.0 Å². The SMILES string of the molecule is Cl.Cl.O=c1[nH]c2cc3cc(OCCCS(=O)(=O)N4CCN(Cc5cccc(C(F)(F)F)c5)CC4)ccc3nc2[nH]1. The predicted molar refractivity (Wildman–Crippen MR) is 151 cm³/mol. The number of aromatic nitrogens is 3. The lowest BCUT2D eigenvalue weighted by Gasteiger charge is -2.34. The summed E-state index contributed by atoms with van der Waals surface area (Å²) in [5.74, 6) is 0.498. The van der Waals surface area contributed by atoms with Gasteiger partial charge in [0.25, 0.3) is 0 Å². The maximum Gasteiger partial charge on any atom is 0.416 e. The summed E-state index contributed by atoms with van der Waals surface area (Å²) in [6, 6.07) is 12.3. The monoisotopic (exact) mass is 621 g/mol. The Morgan fingerprint density at radius 1 is 0.975 bits per heavy atom. The van der Waals surface area contributed by atoms with Gasteiger partial charge < -0.3 is 9.72 Å². The Balaban J connectivity index is 0.00000220. The van der Waals surface area contributed by atoms with Gasteiger partial charge in [0.15, 0.2) is 5.65 Å². The molecule has 0 radical (unpaired) electrons. The molecule has 0 spiro atoms. The highest BCUT2D eigenvalue weighted by atomic mass is 35.5. The lowest BCUT2D eigenvalue weighted by atomic mass is 10.1. The molecule has 15 heteroatoms. The number of halogens is 5. The highest BCUT2D eigenvalue weighted by Gasteiger charge is 2.31. The van der Waals surface area contributed by atoms with Crippen LogP contribution in [0.5, 0.6) is 5.75 Å². The number of alkyl halides is 3. The minimum absolute atomic E-state index is 0. The molecule has 0 bridgehead atoms. The molecule has 9 nitrogen and oxygen atoms in total. The second-order valence-corrected chi connectivity index (χ2v) is 11.3. The number of hydrogen-bond donors (Lipinski definition) is 2. The molecule has 4 aromatic rings. The first-order valence-electron chi connectivity index (χ1n) is 12.1. The molecule has 3 heterocycles. The Morgan fingerprint density at radius 3 is 2.45 bits per heavy atom. The zero-order valence-corrected chi connectivity index (χ0v) is 23.6. The maximum absolute atomic E-state index is 13.0. The van der Waals surface area contributed by atoms with Gasteiger partial charge >= 0.3 is 11.9 Å². The van der Waals surface area contributed by atoms with Gasteiger partial charge in [0.1, 0.15) is 5.75 Å². The summed E-state index contributed by atoms with van der Waals surface area (Å²) in [7, 11) is -3.49. The Bertz CT molecular complexity index is 1620. The van der Waals surface area contributed by atoms with Crippen molar-refractivity contribution >= 4 is 56.9 Å². The standard InChI is InChI=1S/C25H26F3N5O4S.2ClH/c26-25(27,28)19-4-1-3-17(13-19)16-32-7-9-33(10-8-32)38(35,36)12-2-11-37-20-5-6-21-18(14-20)15-22-23(29-21)31-24(34)30-22;;/h1,3-6,13-15H,2,7-12,16H2,(H2,29,30,31,34);2*1H. The molecule has 5 rings (SSSR count). The summed E-state index contributed by atoms with van der Waals surface area (Å²) >= 11 is 0. The fourth-order valence-electron chi connectivity index (χ4n) is 4.53. The number of rotatable bonds is 8. The van der Waals surface area contributed by atoms with Crippen molar-refractivity contribution in [2.24, 2.45) is 0 Å². The number of H-pyrrole nitrogens is 2. The minimum Gasteiger partial charge on any atom is -0.494 e. The largest absolute Gasteiger partial charge is 0.494 e. The number of nitrogens with one attached hydrogen (secondary N) is 2. The average molecular weight is 622 g/mol. The number of benzene rings is 2. The maximum atomic E-state index is 13.0. The van der Waals surface area contributed by atoms with Gasteiger partial charge in [-0.05, 0) is 42.3 Å². The zero-order chi connectivity index (χ0) is 26.9. The van der Waals surface area contributed by atoms with Crippen molar-refractivity contribution in [3.05, 3.63) is 70.1 Å². The second-order valence-electron chi connectivity index (χ2n) is 9.21. The summed E-state index contributed by atoms with van der Waals surface area (Å²) in [5, 5.41) is 0.779. The van der Waals surface area contributed by atoms with Crippen LogP contribution in [0.3, 0.4) is 0 Å². The Hall–Kier alpha value is -2.84. The number of fused-ring (bicyclic) bond motifs is 2. The van der Waals surface area contributed by atoms with E-state index in [0.717, 1.165) is 17.5 Å². The summed E-state index contributed by atoms with van der Waals surface area (Å²) in [4.78, 5) is 23.1. The molecule has 2 N–H and O–H groups in total. The van der Waals surface area contributed by atoms with E-state index in [1.807, 2.05) is 4.90 Å². The smallest absolute Gasteiger partial charge is 0.416 e. The molecule has 40 heavy (non-hydrogen) atoms. The van der Waals surface area contributed by atoms with Crippen LogP contribution in [-0.2, 0) is 22.7 Å². The molecule has 2 aromatic heterocycles. The molecular weight excluding hydrogens is 594 g/mol. The Morgan fingerprint density at radius 2 is 1.73 bits per heavy atom. The van der Waals surface area contributed by atoms with Crippen LogP contribution in [0.15, 0.2) is 53.3 Å². The molecule has 1 fully saturated rings. The van der Waals surface area contributed by atoms with Crippen LogP contribution in [0.4, 0.5) is 13.2 Å². The van der Waals surface area contributed by atoms with Crippen molar-refractivity contribution in [3.8, 4) is 5.75 Å². The summed E-state index contributed by atoms with van der Waals surface area (Å²) in [6.07, 6.45) is -4.10. The number of hydrogen-bond acceptors (Lipinski definition) is 6. The first-order chi connectivity index (χ1) is 18.1. The number of ether oxygens (including phenoxy) is 1. The van der Waals surface area contributed by atoms with Crippen molar-refractivity contribution in [2.45, 2.75) is 19.1 Å². The van der Waals surface area contributed by atoms with Crippen LogP contribution in [0, 0.1) is 0 Å². The molecule has 0 atom stereocenters. The topological polar surface area (TPSA) is 111 Å². The number of imidazole rings is 1. The van der Waals surface area contributed by atoms with E-state index in [1.54, 1.807) is 30.3 Å². The van der Waals surface area contributed by atoms with E-state index in [0.29, 0.717) is 54.0 Å². The summed E-state index contributed by atoms with van der Waals surface area (Å²) < 4.78 is 71.7. The Labute approximate surface area is 240 Å². The predicted octanol–water partition coefficient (Wildman–Crippen LogP) is 4.18. The lowest BCUT2D eigenvalue weighted by molar-refractivity contribution is -0.137. The van der Waals surface area contributed by atoms with Crippen LogP contribution in [0.1, 0.15) is 17.5 Å². The van der Waals surface area contributed by atoms with Crippen LogP contribution in [0.25, 0.3) is 22.1 Å². The summed E-state index contributed by atoms with van der Waals surface area (Å²) in [5.41, 5.74) is 1.27. The van der Waals surface area contributed by atoms with Crippen molar-refractivity contribution in [1.29, 1.82) is 0 Å². The van der Waals surface area contributed by atoms with Gasteiger partial charge in [-0.3, -0.25) is 9.88 Å². The van der Waals surface area contributed by atoms with Gasteiger partial charge in [-0.25, -0.2) is 18.2 Å². The number of piperazine rings is 1. The zero-order valence-electron chi connectivity index (χ0n) is 21.1. The third-order valence-electron chi connectivity index (χ3n) is 6.47. The molecule has 0 aliphatic carbocycles. The number of sulfonamides is 1. The van der Waals surface area contributed by atoms with Crippen LogP contribution >= 0.6 is 24.8 Å². The highest BCUT2D eigenvalue weighted by molar-refractivity contribution is 7.89. The average Bonchev–Trinajstić information content (AvgIpc) is 3.24. The van der Waals surface area contributed by atoms with Crippen molar-refractivity contribution in [2.75, 3.05) is 38.5 Å². The van der Waals surface area contributed by atoms with Crippen LogP contribution in [0.2, 0.25) is 0 Å². The van der Waals surface area contributed by atoms with Crippen molar-refractivity contribution < 1.29 is 26.3 Å². The normalized spacial score (nSPS) is 15.1. The lowest BCUT2D eigenvalue weighted by Crippen LogP contribution is -2.48. The number of aromatic amines is 2. The molecule has 2 aromatic carbocycles. The van der Waals surface area contributed by atoms with Gasteiger partial charge in [-0.2, -0.15) is 17.5 Å². The summed E-state index contributed by atoms with van der Waals surface area (Å²) in [6.45, 7) is 1.99. The van der Waals surface area contributed by atoms with Gasteiger partial charge in [0.05, 0.1) is 29.0 Å². The molecule has 0 amide bonds. The van der Waals surface area contributed by atoms with E-state index in [9.17, 15) is 26.4 Å². The van der Waals surface area contributed by atoms with E-state index < -0.39 is 21.8 Å². The van der Waals surface area contributed by atoms with E-state index in [4.69, 9.17) is 4.74 Å². The molecule has 1 aliphatic heterocycles. The van der Waals surface area contributed by atoms with Crippen LogP contribution in [-0.4, -0.2) is 71.1 Å². The van der Waals surface area contributed by atoms with E-state index in [1.165, 1.54) is 10.4 Å². The first kappa shape index (κ1) is 31.7. The highest BCUT2D eigenvalue weighted by Crippen LogP contribution is 2.30. The van der Waals surface area contributed by atoms with Crippen molar-refractivity contribution in [3.63, 3.8) is 0 Å². The van der Waals surface area contributed by atoms with Gasteiger partial charge in [0, 0.05) is 38.1 Å². The minimum atomic E-state index is -4.39. The third-order valence-corrected chi connectivity index (χ3v) is 8.42. The molecule has 0 saturated carbocycles. The molecule has 0 unspecified atom stereocenters.